The van der Waals surface area contributed by atoms with Crippen molar-refractivity contribution in [2.24, 2.45) is 5.92 Å². The summed E-state index contributed by atoms with van der Waals surface area (Å²) in [7, 11) is 0. The monoisotopic (exact) mass is 250 g/mol. The molecule has 1 aliphatic rings. The highest BCUT2D eigenvalue weighted by molar-refractivity contribution is 5.17. The molecule has 0 amide bonds. The maximum Gasteiger partial charge on any atom is 0.0825 e. The van der Waals surface area contributed by atoms with Gasteiger partial charge in [-0.1, -0.05) is 30.3 Å². The Morgan fingerprint density at radius 3 is 2.83 bits per heavy atom. The number of aliphatic hydroxyl groups is 1. The standard InChI is InChI=1S/C15H22O3/c16-9-4-7-15(14-5-2-1-3-6-14)18-12-13-8-10-17-11-13/h1-3,5-6,13,15-16H,4,7-12H2. The van der Waals surface area contributed by atoms with Gasteiger partial charge in [0.05, 0.1) is 19.3 Å². The quantitative estimate of drug-likeness (QED) is 0.808. The SMILES string of the molecule is OCCCC(OCC1CCOC1)c1ccccc1. The van der Waals surface area contributed by atoms with Crippen LogP contribution in [-0.4, -0.2) is 31.5 Å². The number of benzene rings is 1. The topological polar surface area (TPSA) is 38.7 Å². The molecule has 1 heterocycles. The predicted octanol–water partition coefficient (Wildman–Crippen LogP) is 2.55. The highest BCUT2D eigenvalue weighted by atomic mass is 16.5. The summed E-state index contributed by atoms with van der Waals surface area (Å²) in [6.45, 7) is 2.66. The van der Waals surface area contributed by atoms with Crippen molar-refractivity contribution in [1.29, 1.82) is 0 Å². The van der Waals surface area contributed by atoms with E-state index in [2.05, 4.69) is 12.1 Å². The molecule has 0 aliphatic carbocycles. The lowest BCUT2D eigenvalue weighted by molar-refractivity contribution is 0.0167. The maximum atomic E-state index is 8.97. The van der Waals surface area contributed by atoms with Crippen molar-refractivity contribution < 1.29 is 14.6 Å². The van der Waals surface area contributed by atoms with Crippen LogP contribution in [0.4, 0.5) is 0 Å². The number of rotatable bonds is 7. The van der Waals surface area contributed by atoms with Crippen LogP contribution in [0.15, 0.2) is 30.3 Å². The summed E-state index contributed by atoms with van der Waals surface area (Å²) < 4.78 is 11.4. The van der Waals surface area contributed by atoms with Gasteiger partial charge in [0, 0.05) is 19.1 Å². The van der Waals surface area contributed by atoms with Gasteiger partial charge >= 0.3 is 0 Å². The van der Waals surface area contributed by atoms with E-state index >= 15 is 0 Å². The first-order chi connectivity index (χ1) is 8.90. The molecule has 1 N–H and O–H groups in total. The Morgan fingerprint density at radius 2 is 2.17 bits per heavy atom. The molecule has 2 unspecified atom stereocenters. The lowest BCUT2D eigenvalue weighted by Crippen LogP contribution is -2.14. The van der Waals surface area contributed by atoms with Gasteiger partial charge in [-0.05, 0) is 24.8 Å². The van der Waals surface area contributed by atoms with Crippen LogP contribution >= 0.6 is 0 Å². The predicted molar refractivity (Wildman–Crippen MR) is 70.4 cm³/mol. The van der Waals surface area contributed by atoms with Crippen molar-refractivity contribution in [3.05, 3.63) is 35.9 Å². The van der Waals surface area contributed by atoms with Crippen LogP contribution in [-0.2, 0) is 9.47 Å². The number of hydrogen-bond donors (Lipinski definition) is 1. The minimum atomic E-state index is 0.0962. The van der Waals surface area contributed by atoms with Crippen LogP contribution in [0.5, 0.6) is 0 Å². The maximum absolute atomic E-state index is 8.97. The molecule has 1 aliphatic heterocycles. The van der Waals surface area contributed by atoms with E-state index in [4.69, 9.17) is 14.6 Å². The Balaban J connectivity index is 1.87. The minimum Gasteiger partial charge on any atom is -0.396 e. The van der Waals surface area contributed by atoms with E-state index in [0.717, 1.165) is 39.1 Å². The molecule has 0 aromatic heterocycles. The smallest absolute Gasteiger partial charge is 0.0825 e. The lowest BCUT2D eigenvalue weighted by Gasteiger charge is -2.20. The molecule has 0 bridgehead atoms. The minimum absolute atomic E-state index is 0.0962. The Morgan fingerprint density at radius 1 is 1.33 bits per heavy atom. The van der Waals surface area contributed by atoms with E-state index in [1.807, 2.05) is 18.2 Å². The van der Waals surface area contributed by atoms with E-state index < -0.39 is 0 Å². The number of aliphatic hydroxyl groups excluding tert-OH is 1. The third kappa shape index (κ3) is 4.09. The fraction of sp³-hybridized carbons (Fsp3) is 0.600. The molecule has 1 aromatic rings. The Kier molecular flexibility index (Phi) is 5.65. The number of hydrogen-bond acceptors (Lipinski definition) is 3. The Labute approximate surface area is 109 Å². The lowest BCUT2D eigenvalue weighted by atomic mass is 10.0. The molecule has 3 heteroatoms. The van der Waals surface area contributed by atoms with Gasteiger partial charge in [0.1, 0.15) is 0 Å². The van der Waals surface area contributed by atoms with Gasteiger partial charge in [-0.25, -0.2) is 0 Å². The third-order valence-corrected chi connectivity index (χ3v) is 3.35. The van der Waals surface area contributed by atoms with Crippen LogP contribution in [0.2, 0.25) is 0 Å². The summed E-state index contributed by atoms with van der Waals surface area (Å²) >= 11 is 0. The van der Waals surface area contributed by atoms with Crippen molar-refractivity contribution in [2.75, 3.05) is 26.4 Å². The van der Waals surface area contributed by atoms with Crippen LogP contribution < -0.4 is 0 Å². The first-order valence-electron chi connectivity index (χ1n) is 6.75. The second kappa shape index (κ2) is 7.52. The van der Waals surface area contributed by atoms with E-state index in [9.17, 15) is 0 Å². The van der Waals surface area contributed by atoms with Gasteiger partial charge in [-0.2, -0.15) is 0 Å². The fourth-order valence-electron chi connectivity index (χ4n) is 2.26. The van der Waals surface area contributed by atoms with E-state index in [0.29, 0.717) is 5.92 Å². The molecule has 18 heavy (non-hydrogen) atoms. The second-order valence-electron chi connectivity index (χ2n) is 4.83. The van der Waals surface area contributed by atoms with Crippen molar-refractivity contribution in [1.82, 2.24) is 0 Å². The highest BCUT2D eigenvalue weighted by Gasteiger charge is 2.19. The van der Waals surface area contributed by atoms with Crippen molar-refractivity contribution in [3.63, 3.8) is 0 Å². The molecule has 3 nitrogen and oxygen atoms in total. The van der Waals surface area contributed by atoms with Crippen LogP contribution in [0.3, 0.4) is 0 Å². The molecule has 0 saturated carbocycles. The summed E-state index contributed by atoms with van der Waals surface area (Å²) in [4.78, 5) is 0. The fourth-order valence-corrected chi connectivity index (χ4v) is 2.26. The highest BCUT2D eigenvalue weighted by Crippen LogP contribution is 2.24. The van der Waals surface area contributed by atoms with E-state index in [1.54, 1.807) is 0 Å². The van der Waals surface area contributed by atoms with E-state index in [-0.39, 0.29) is 12.7 Å². The van der Waals surface area contributed by atoms with Crippen LogP contribution in [0.1, 0.15) is 30.9 Å². The zero-order valence-corrected chi connectivity index (χ0v) is 10.8. The molecule has 1 aromatic carbocycles. The van der Waals surface area contributed by atoms with Gasteiger partial charge in [0.15, 0.2) is 0 Å². The summed E-state index contributed by atoms with van der Waals surface area (Å²) in [6, 6.07) is 10.3. The second-order valence-corrected chi connectivity index (χ2v) is 4.83. The van der Waals surface area contributed by atoms with Crippen molar-refractivity contribution >= 4 is 0 Å². The first kappa shape index (κ1) is 13.5. The molecule has 1 fully saturated rings. The number of ether oxygens (including phenoxy) is 2. The van der Waals surface area contributed by atoms with Gasteiger partial charge in [-0.3, -0.25) is 0 Å². The Hall–Kier alpha value is -0.900. The van der Waals surface area contributed by atoms with Gasteiger partial charge in [0.25, 0.3) is 0 Å². The molecule has 0 spiro atoms. The van der Waals surface area contributed by atoms with Gasteiger partial charge in [0.2, 0.25) is 0 Å². The summed E-state index contributed by atoms with van der Waals surface area (Å²) in [6.07, 6.45) is 2.84. The molecule has 2 atom stereocenters. The zero-order chi connectivity index (χ0) is 12.6. The molecule has 2 rings (SSSR count). The summed E-state index contributed by atoms with van der Waals surface area (Å²) in [5.74, 6) is 0.533. The first-order valence-corrected chi connectivity index (χ1v) is 6.75. The average Bonchev–Trinajstić information content (AvgIpc) is 2.93. The zero-order valence-electron chi connectivity index (χ0n) is 10.8. The molecule has 0 radical (unpaired) electrons. The third-order valence-electron chi connectivity index (χ3n) is 3.35. The summed E-state index contributed by atoms with van der Waals surface area (Å²) in [5, 5.41) is 8.97. The largest absolute Gasteiger partial charge is 0.396 e. The molecule has 1 saturated heterocycles. The van der Waals surface area contributed by atoms with Crippen molar-refractivity contribution in [2.45, 2.75) is 25.4 Å². The van der Waals surface area contributed by atoms with Crippen LogP contribution in [0.25, 0.3) is 0 Å². The normalized spacial score (nSPS) is 21.1. The average molecular weight is 250 g/mol. The van der Waals surface area contributed by atoms with E-state index in [1.165, 1.54) is 5.56 Å². The van der Waals surface area contributed by atoms with Gasteiger partial charge < -0.3 is 14.6 Å². The van der Waals surface area contributed by atoms with Crippen molar-refractivity contribution in [3.8, 4) is 0 Å². The van der Waals surface area contributed by atoms with Crippen LogP contribution in [0, 0.1) is 5.92 Å². The van der Waals surface area contributed by atoms with Gasteiger partial charge in [-0.15, -0.1) is 0 Å². The molecule has 100 valence electrons. The Bertz CT molecular complexity index is 320. The molecular formula is C15H22O3. The molecular weight excluding hydrogens is 228 g/mol. The summed E-state index contributed by atoms with van der Waals surface area (Å²) in [5.41, 5.74) is 1.20.